The summed E-state index contributed by atoms with van der Waals surface area (Å²) in [5, 5.41) is 4.30. The highest BCUT2D eigenvalue weighted by molar-refractivity contribution is 8.00. The minimum Gasteiger partial charge on any atom is -0.383 e. The van der Waals surface area contributed by atoms with Gasteiger partial charge in [-0.1, -0.05) is 20.8 Å². The fraction of sp³-hybridized carbons (Fsp3) is 0.529. The maximum absolute atomic E-state index is 6.15. The number of fused-ring (bicyclic) bond motifs is 1. The fourth-order valence-corrected chi connectivity index (χ4v) is 3.75. The normalized spacial score (nSPS) is 16.8. The zero-order chi connectivity index (χ0) is 16.4. The number of piperazine rings is 1. The number of hydrogen-bond donors (Lipinski definition) is 2. The van der Waals surface area contributed by atoms with Crippen LogP contribution in [0, 0.1) is 0 Å². The van der Waals surface area contributed by atoms with Crippen molar-refractivity contribution in [1.29, 1.82) is 0 Å². The van der Waals surface area contributed by atoms with E-state index in [1.807, 2.05) is 17.8 Å². The number of thioether (sulfide) groups is 1. The van der Waals surface area contributed by atoms with Crippen molar-refractivity contribution in [2.75, 3.05) is 31.9 Å². The standard InChI is InChI=1S/C17H25N5S/c1-17(2,3)23-12-4-5-13-14(10-12)20-15(21-16(13)18)11-22-8-6-19-7-9-22/h4-5,10,19H,6-9,11H2,1-3H3,(H2,18,20,21). The number of benzene rings is 1. The Morgan fingerprint density at radius 2 is 1.96 bits per heavy atom. The molecule has 0 saturated carbocycles. The first-order valence-corrected chi connectivity index (χ1v) is 8.91. The van der Waals surface area contributed by atoms with Crippen molar-refractivity contribution in [3.8, 4) is 0 Å². The summed E-state index contributed by atoms with van der Waals surface area (Å²) in [4.78, 5) is 12.8. The van der Waals surface area contributed by atoms with Crippen molar-refractivity contribution in [3.05, 3.63) is 24.0 Å². The zero-order valence-electron chi connectivity index (χ0n) is 14.1. The molecule has 6 heteroatoms. The Bertz CT molecular complexity index is 689. The molecule has 0 aliphatic carbocycles. The Morgan fingerprint density at radius 1 is 1.22 bits per heavy atom. The van der Waals surface area contributed by atoms with Crippen LogP contribution in [0.25, 0.3) is 10.9 Å². The van der Waals surface area contributed by atoms with Gasteiger partial charge in [-0.2, -0.15) is 0 Å². The molecule has 1 fully saturated rings. The van der Waals surface area contributed by atoms with Crippen LogP contribution < -0.4 is 11.1 Å². The molecule has 0 bridgehead atoms. The van der Waals surface area contributed by atoms with Gasteiger partial charge >= 0.3 is 0 Å². The second kappa shape index (κ2) is 6.63. The second-order valence-electron chi connectivity index (χ2n) is 6.94. The molecule has 1 saturated heterocycles. The minimum absolute atomic E-state index is 0.176. The van der Waals surface area contributed by atoms with Crippen molar-refractivity contribution >= 4 is 28.5 Å². The van der Waals surface area contributed by atoms with Gasteiger partial charge < -0.3 is 11.1 Å². The summed E-state index contributed by atoms with van der Waals surface area (Å²) in [6.45, 7) is 11.5. The summed E-state index contributed by atoms with van der Waals surface area (Å²) in [7, 11) is 0. The number of rotatable bonds is 3. The van der Waals surface area contributed by atoms with E-state index >= 15 is 0 Å². The topological polar surface area (TPSA) is 67.1 Å². The Morgan fingerprint density at radius 3 is 2.65 bits per heavy atom. The summed E-state index contributed by atoms with van der Waals surface area (Å²) >= 11 is 1.84. The first-order valence-electron chi connectivity index (χ1n) is 8.09. The average molecular weight is 331 g/mol. The minimum atomic E-state index is 0.176. The van der Waals surface area contributed by atoms with E-state index in [-0.39, 0.29) is 4.75 Å². The molecule has 2 aromatic rings. The van der Waals surface area contributed by atoms with E-state index in [1.54, 1.807) is 0 Å². The molecule has 2 heterocycles. The lowest BCUT2D eigenvalue weighted by Crippen LogP contribution is -2.43. The lowest BCUT2D eigenvalue weighted by molar-refractivity contribution is 0.228. The second-order valence-corrected chi connectivity index (χ2v) is 8.84. The van der Waals surface area contributed by atoms with Crippen LogP contribution in [-0.2, 0) is 6.54 Å². The quantitative estimate of drug-likeness (QED) is 0.843. The molecule has 0 radical (unpaired) electrons. The van der Waals surface area contributed by atoms with Crippen LogP contribution >= 0.6 is 11.8 Å². The van der Waals surface area contributed by atoms with Crippen molar-refractivity contribution < 1.29 is 0 Å². The highest BCUT2D eigenvalue weighted by Crippen LogP contribution is 2.33. The summed E-state index contributed by atoms with van der Waals surface area (Å²) in [5.41, 5.74) is 7.09. The van der Waals surface area contributed by atoms with E-state index in [4.69, 9.17) is 10.7 Å². The first kappa shape index (κ1) is 16.5. The van der Waals surface area contributed by atoms with Gasteiger partial charge in [0.05, 0.1) is 12.1 Å². The fourth-order valence-electron chi connectivity index (χ4n) is 2.74. The smallest absolute Gasteiger partial charge is 0.145 e. The first-order chi connectivity index (χ1) is 10.9. The number of hydrogen-bond acceptors (Lipinski definition) is 6. The summed E-state index contributed by atoms with van der Waals surface area (Å²) in [6.07, 6.45) is 0. The summed E-state index contributed by atoms with van der Waals surface area (Å²) < 4.78 is 0.176. The lowest BCUT2D eigenvalue weighted by Gasteiger charge is -2.26. The van der Waals surface area contributed by atoms with E-state index in [0.717, 1.165) is 49.5 Å². The largest absolute Gasteiger partial charge is 0.383 e. The third kappa shape index (κ3) is 4.34. The average Bonchev–Trinajstić information content (AvgIpc) is 2.46. The molecule has 1 aromatic carbocycles. The summed E-state index contributed by atoms with van der Waals surface area (Å²) in [6, 6.07) is 6.27. The van der Waals surface area contributed by atoms with Gasteiger partial charge in [0.25, 0.3) is 0 Å². The van der Waals surface area contributed by atoms with Gasteiger partial charge in [-0.3, -0.25) is 4.90 Å². The van der Waals surface area contributed by atoms with Crippen molar-refractivity contribution in [2.45, 2.75) is 37.0 Å². The molecule has 124 valence electrons. The van der Waals surface area contributed by atoms with Crippen LogP contribution in [0.4, 0.5) is 5.82 Å². The zero-order valence-corrected chi connectivity index (χ0v) is 14.9. The monoisotopic (exact) mass is 331 g/mol. The molecule has 0 unspecified atom stereocenters. The number of nitrogens with one attached hydrogen (secondary N) is 1. The number of aromatic nitrogens is 2. The van der Waals surface area contributed by atoms with E-state index < -0.39 is 0 Å². The van der Waals surface area contributed by atoms with Crippen molar-refractivity contribution in [2.24, 2.45) is 0 Å². The highest BCUT2D eigenvalue weighted by atomic mass is 32.2. The molecule has 23 heavy (non-hydrogen) atoms. The Hall–Kier alpha value is -1.37. The Kier molecular flexibility index (Phi) is 4.75. The molecule has 1 aliphatic rings. The lowest BCUT2D eigenvalue weighted by atomic mass is 10.2. The van der Waals surface area contributed by atoms with Crippen molar-refractivity contribution in [1.82, 2.24) is 20.2 Å². The van der Waals surface area contributed by atoms with Crippen molar-refractivity contribution in [3.63, 3.8) is 0 Å². The molecule has 0 atom stereocenters. The number of anilines is 1. The van der Waals surface area contributed by atoms with E-state index in [9.17, 15) is 0 Å². The maximum atomic E-state index is 6.15. The van der Waals surface area contributed by atoms with Gasteiger partial charge in [-0.15, -0.1) is 11.8 Å². The van der Waals surface area contributed by atoms with Crippen LogP contribution in [-0.4, -0.2) is 45.8 Å². The van der Waals surface area contributed by atoms with E-state index in [2.05, 4.69) is 48.1 Å². The van der Waals surface area contributed by atoms with Gasteiger partial charge in [0.15, 0.2) is 0 Å². The van der Waals surface area contributed by atoms with Crippen LogP contribution in [0.15, 0.2) is 23.1 Å². The van der Waals surface area contributed by atoms with Gasteiger partial charge in [0, 0.05) is 41.2 Å². The van der Waals surface area contributed by atoms with E-state index in [0.29, 0.717) is 5.82 Å². The van der Waals surface area contributed by atoms with Gasteiger partial charge in [0.2, 0.25) is 0 Å². The Balaban J connectivity index is 1.88. The van der Waals surface area contributed by atoms with Gasteiger partial charge in [-0.05, 0) is 18.2 Å². The molecule has 1 aliphatic heterocycles. The molecule has 3 N–H and O–H groups in total. The molecular formula is C17H25N5S. The molecule has 1 aromatic heterocycles. The molecule has 0 amide bonds. The SMILES string of the molecule is CC(C)(C)Sc1ccc2c(N)nc(CN3CCNCC3)nc2c1. The highest BCUT2D eigenvalue weighted by Gasteiger charge is 2.15. The number of nitrogens with two attached hydrogens (primary N) is 1. The number of nitrogen functional groups attached to an aromatic ring is 1. The van der Waals surface area contributed by atoms with Crippen LogP contribution in [0.1, 0.15) is 26.6 Å². The predicted molar refractivity (Wildman–Crippen MR) is 97.7 cm³/mol. The predicted octanol–water partition coefficient (Wildman–Crippen LogP) is 2.51. The van der Waals surface area contributed by atoms with Crippen LogP contribution in [0.3, 0.4) is 0 Å². The molecule has 5 nitrogen and oxygen atoms in total. The molecular weight excluding hydrogens is 306 g/mol. The third-order valence-corrected chi connectivity index (χ3v) is 4.84. The third-order valence-electron chi connectivity index (χ3n) is 3.74. The molecule has 0 spiro atoms. The Labute approximate surface area is 142 Å². The van der Waals surface area contributed by atoms with Gasteiger partial charge in [-0.25, -0.2) is 9.97 Å². The summed E-state index contributed by atoms with van der Waals surface area (Å²) in [5.74, 6) is 1.39. The van der Waals surface area contributed by atoms with Crippen LogP contribution in [0.2, 0.25) is 0 Å². The maximum Gasteiger partial charge on any atom is 0.145 e. The molecule has 3 rings (SSSR count). The van der Waals surface area contributed by atoms with Gasteiger partial charge in [0.1, 0.15) is 11.6 Å². The van der Waals surface area contributed by atoms with E-state index in [1.165, 1.54) is 4.90 Å². The van der Waals surface area contributed by atoms with Crippen LogP contribution in [0.5, 0.6) is 0 Å². The number of nitrogens with zero attached hydrogens (tertiary/aromatic N) is 3.